The van der Waals surface area contributed by atoms with E-state index < -0.39 is 4.92 Å². The van der Waals surface area contributed by atoms with E-state index in [2.05, 4.69) is 22.5 Å². The molecule has 1 aromatic carbocycles. The van der Waals surface area contributed by atoms with Crippen LogP contribution in [0.2, 0.25) is 0 Å². The maximum atomic E-state index is 10.7. The SMILES string of the molecule is CNCC(C)CNc1ccc2cc([N+](=O)[O-])ccc2n1. The van der Waals surface area contributed by atoms with Gasteiger partial charge in [0.2, 0.25) is 0 Å². The van der Waals surface area contributed by atoms with Crippen LogP contribution in [0.4, 0.5) is 11.5 Å². The van der Waals surface area contributed by atoms with Crippen LogP contribution >= 0.6 is 0 Å². The van der Waals surface area contributed by atoms with Crippen molar-refractivity contribution in [1.29, 1.82) is 0 Å². The summed E-state index contributed by atoms with van der Waals surface area (Å²) in [7, 11) is 1.93. The van der Waals surface area contributed by atoms with Gasteiger partial charge in [-0.05, 0) is 37.7 Å². The Labute approximate surface area is 117 Å². The van der Waals surface area contributed by atoms with Gasteiger partial charge >= 0.3 is 0 Å². The molecule has 0 saturated carbocycles. The molecule has 0 spiro atoms. The fraction of sp³-hybridized carbons (Fsp3) is 0.357. The Hall–Kier alpha value is -2.21. The number of benzene rings is 1. The Morgan fingerprint density at radius 2 is 2.10 bits per heavy atom. The third kappa shape index (κ3) is 3.42. The first-order valence-corrected chi connectivity index (χ1v) is 6.54. The Kier molecular flexibility index (Phi) is 4.47. The largest absolute Gasteiger partial charge is 0.370 e. The molecule has 0 amide bonds. The van der Waals surface area contributed by atoms with Crippen molar-refractivity contribution in [2.24, 2.45) is 5.92 Å². The number of pyridine rings is 1. The van der Waals surface area contributed by atoms with Crippen LogP contribution in [0.15, 0.2) is 30.3 Å². The molecule has 2 aromatic rings. The number of fused-ring (bicyclic) bond motifs is 1. The highest BCUT2D eigenvalue weighted by atomic mass is 16.6. The van der Waals surface area contributed by atoms with Gasteiger partial charge < -0.3 is 10.6 Å². The first-order valence-electron chi connectivity index (χ1n) is 6.54. The summed E-state index contributed by atoms with van der Waals surface area (Å²) >= 11 is 0. The molecule has 0 aliphatic heterocycles. The number of nitro benzene ring substituents is 1. The molecule has 1 atom stereocenters. The molecule has 1 unspecified atom stereocenters. The molecule has 6 heteroatoms. The highest BCUT2D eigenvalue weighted by Gasteiger charge is 2.07. The van der Waals surface area contributed by atoms with E-state index in [-0.39, 0.29) is 5.69 Å². The Bertz CT molecular complexity index is 615. The molecule has 0 fully saturated rings. The molecule has 20 heavy (non-hydrogen) atoms. The molecule has 0 aliphatic rings. The first kappa shape index (κ1) is 14.2. The molecule has 1 heterocycles. The van der Waals surface area contributed by atoms with Crippen LogP contribution in [0.1, 0.15) is 6.92 Å². The van der Waals surface area contributed by atoms with E-state index in [1.807, 2.05) is 19.2 Å². The second kappa shape index (κ2) is 6.29. The average Bonchev–Trinajstić information content (AvgIpc) is 2.44. The van der Waals surface area contributed by atoms with Crippen molar-refractivity contribution in [2.75, 3.05) is 25.5 Å². The first-order chi connectivity index (χ1) is 9.60. The zero-order valence-electron chi connectivity index (χ0n) is 11.6. The second-order valence-electron chi connectivity index (χ2n) is 4.87. The van der Waals surface area contributed by atoms with Crippen LogP contribution in [0.25, 0.3) is 10.9 Å². The van der Waals surface area contributed by atoms with Crippen LogP contribution in [0, 0.1) is 16.0 Å². The highest BCUT2D eigenvalue weighted by molar-refractivity contribution is 5.82. The maximum Gasteiger partial charge on any atom is 0.270 e. The average molecular weight is 274 g/mol. The summed E-state index contributed by atoms with van der Waals surface area (Å²) in [4.78, 5) is 14.8. The fourth-order valence-electron chi connectivity index (χ4n) is 2.02. The summed E-state index contributed by atoms with van der Waals surface area (Å²) < 4.78 is 0. The number of nitrogens with one attached hydrogen (secondary N) is 2. The molecule has 0 saturated heterocycles. The maximum absolute atomic E-state index is 10.7. The van der Waals surface area contributed by atoms with Crippen LogP contribution in [-0.2, 0) is 0 Å². The van der Waals surface area contributed by atoms with Gasteiger partial charge in [0, 0.05) is 24.1 Å². The topological polar surface area (TPSA) is 80.1 Å². The number of aromatic nitrogens is 1. The van der Waals surface area contributed by atoms with Gasteiger partial charge in [0.05, 0.1) is 10.4 Å². The summed E-state index contributed by atoms with van der Waals surface area (Å²) in [5.74, 6) is 1.28. The number of hydrogen-bond donors (Lipinski definition) is 2. The highest BCUT2D eigenvalue weighted by Crippen LogP contribution is 2.21. The normalized spacial score (nSPS) is 12.3. The zero-order chi connectivity index (χ0) is 14.5. The van der Waals surface area contributed by atoms with Gasteiger partial charge in [-0.2, -0.15) is 0 Å². The molecule has 2 rings (SSSR count). The van der Waals surface area contributed by atoms with Crippen molar-refractivity contribution in [3.05, 3.63) is 40.4 Å². The van der Waals surface area contributed by atoms with Crippen LogP contribution < -0.4 is 10.6 Å². The number of non-ortho nitro benzene ring substituents is 1. The molecular formula is C14H18N4O2. The predicted molar refractivity (Wildman–Crippen MR) is 80.0 cm³/mol. The number of rotatable bonds is 6. The van der Waals surface area contributed by atoms with Crippen molar-refractivity contribution in [1.82, 2.24) is 10.3 Å². The molecule has 0 bridgehead atoms. The van der Waals surface area contributed by atoms with Gasteiger partial charge in [-0.1, -0.05) is 6.92 Å². The van der Waals surface area contributed by atoms with Gasteiger partial charge in [0.15, 0.2) is 0 Å². The Morgan fingerprint density at radius 1 is 1.30 bits per heavy atom. The van der Waals surface area contributed by atoms with Gasteiger partial charge in [0.1, 0.15) is 5.82 Å². The van der Waals surface area contributed by atoms with E-state index in [0.29, 0.717) is 5.92 Å². The number of hydrogen-bond acceptors (Lipinski definition) is 5. The van der Waals surface area contributed by atoms with E-state index in [1.165, 1.54) is 12.1 Å². The fourth-order valence-corrected chi connectivity index (χ4v) is 2.02. The summed E-state index contributed by atoms with van der Waals surface area (Å²) in [6, 6.07) is 8.38. The quantitative estimate of drug-likeness (QED) is 0.624. The Morgan fingerprint density at radius 3 is 2.80 bits per heavy atom. The van der Waals surface area contributed by atoms with Crippen LogP contribution in [0.5, 0.6) is 0 Å². The lowest BCUT2D eigenvalue weighted by atomic mass is 10.1. The molecular weight excluding hydrogens is 256 g/mol. The van der Waals surface area contributed by atoms with E-state index in [0.717, 1.165) is 29.8 Å². The number of nitrogens with zero attached hydrogens (tertiary/aromatic N) is 2. The van der Waals surface area contributed by atoms with E-state index >= 15 is 0 Å². The molecule has 0 aliphatic carbocycles. The van der Waals surface area contributed by atoms with Crippen molar-refractivity contribution < 1.29 is 4.92 Å². The van der Waals surface area contributed by atoms with E-state index in [1.54, 1.807) is 6.07 Å². The Balaban J connectivity index is 2.13. The second-order valence-corrected chi connectivity index (χ2v) is 4.87. The summed E-state index contributed by atoms with van der Waals surface area (Å²) in [6.07, 6.45) is 0. The predicted octanol–water partition coefficient (Wildman–Crippen LogP) is 2.41. The summed E-state index contributed by atoms with van der Waals surface area (Å²) in [5.41, 5.74) is 0.838. The van der Waals surface area contributed by atoms with Crippen molar-refractivity contribution in [3.8, 4) is 0 Å². The van der Waals surface area contributed by atoms with Crippen LogP contribution in [0.3, 0.4) is 0 Å². The van der Waals surface area contributed by atoms with Gasteiger partial charge in [0.25, 0.3) is 5.69 Å². The number of anilines is 1. The molecule has 1 aromatic heterocycles. The summed E-state index contributed by atoms with van der Waals surface area (Å²) in [6.45, 7) is 3.91. The number of nitro groups is 1. The molecule has 6 nitrogen and oxygen atoms in total. The smallest absolute Gasteiger partial charge is 0.270 e. The van der Waals surface area contributed by atoms with Gasteiger partial charge in [-0.25, -0.2) is 4.98 Å². The standard InChI is InChI=1S/C14H18N4O2/c1-10(8-15-2)9-16-14-6-3-11-7-12(18(19)20)4-5-13(11)17-14/h3-7,10,15H,8-9H2,1-2H3,(H,16,17). The minimum Gasteiger partial charge on any atom is -0.370 e. The minimum atomic E-state index is -0.398. The lowest BCUT2D eigenvalue weighted by molar-refractivity contribution is -0.384. The summed E-state index contributed by atoms with van der Waals surface area (Å²) in [5, 5.41) is 17.9. The molecule has 0 radical (unpaired) electrons. The van der Waals surface area contributed by atoms with Gasteiger partial charge in [-0.3, -0.25) is 10.1 Å². The molecule has 106 valence electrons. The third-order valence-corrected chi connectivity index (χ3v) is 3.07. The molecule has 2 N–H and O–H groups in total. The van der Waals surface area contributed by atoms with Crippen molar-refractivity contribution in [3.63, 3.8) is 0 Å². The van der Waals surface area contributed by atoms with Gasteiger partial charge in [-0.15, -0.1) is 0 Å². The van der Waals surface area contributed by atoms with Crippen LogP contribution in [-0.4, -0.2) is 30.0 Å². The zero-order valence-corrected chi connectivity index (χ0v) is 11.6. The van der Waals surface area contributed by atoms with E-state index in [9.17, 15) is 10.1 Å². The third-order valence-electron chi connectivity index (χ3n) is 3.07. The monoisotopic (exact) mass is 274 g/mol. The van der Waals surface area contributed by atoms with Crippen molar-refractivity contribution >= 4 is 22.4 Å². The minimum absolute atomic E-state index is 0.0858. The lowest BCUT2D eigenvalue weighted by Gasteiger charge is -2.12. The van der Waals surface area contributed by atoms with E-state index in [4.69, 9.17) is 0 Å². The van der Waals surface area contributed by atoms with Crippen molar-refractivity contribution in [2.45, 2.75) is 6.92 Å². The lowest BCUT2D eigenvalue weighted by Crippen LogP contribution is -2.23.